The fourth-order valence-electron chi connectivity index (χ4n) is 10.4. The first-order valence-corrected chi connectivity index (χ1v) is 22.8. The summed E-state index contributed by atoms with van der Waals surface area (Å²) >= 11 is 1.84. The van der Waals surface area contributed by atoms with Crippen molar-refractivity contribution >= 4 is 114 Å². The minimum atomic E-state index is 0.853. The highest BCUT2D eigenvalue weighted by Gasteiger charge is 2.26. The summed E-state index contributed by atoms with van der Waals surface area (Å²) in [5, 5.41) is 9.35. The molecule has 0 aliphatic rings. The van der Waals surface area contributed by atoms with Gasteiger partial charge in [0, 0.05) is 98.0 Å². The maximum atomic E-state index is 6.78. The normalized spacial score (nSPS) is 12.0. The van der Waals surface area contributed by atoms with Crippen LogP contribution in [-0.4, -0.2) is 4.57 Å². The van der Waals surface area contributed by atoms with Crippen molar-refractivity contribution in [3.63, 3.8) is 0 Å². The van der Waals surface area contributed by atoms with Gasteiger partial charge in [0.2, 0.25) is 0 Å². The van der Waals surface area contributed by atoms with Crippen molar-refractivity contribution in [2.75, 3.05) is 4.90 Å². The second kappa shape index (κ2) is 14.1. The number of para-hydroxylation sites is 5. The average Bonchev–Trinajstić information content (AvgIpc) is 4.13. The molecule has 0 aliphatic heterocycles. The van der Waals surface area contributed by atoms with Crippen LogP contribution in [0.3, 0.4) is 0 Å². The van der Waals surface area contributed by atoms with Gasteiger partial charge in [0.1, 0.15) is 22.3 Å². The summed E-state index contributed by atoms with van der Waals surface area (Å²) in [7, 11) is 0. The van der Waals surface area contributed by atoms with E-state index in [9.17, 15) is 0 Å². The van der Waals surface area contributed by atoms with Gasteiger partial charge in [0.15, 0.2) is 0 Å². The molecule has 5 heteroatoms. The predicted molar refractivity (Wildman–Crippen MR) is 274 cm³/mol. The molecule has 0 radical (unpaired) electrons. The lowest BCUT2D eigenvalue weighted by Crippen LogP contribution is -2.09. The van der Waals surface area contributed by atoms with Crippen molar-refractivity contribution in [2.45, 2.75) is 0 Å². The molecule has 0 saturated heterocycles. The van der Waals surface area contributed by atoms with E-state index in [0.29, 0.717) is 0 Å². The van der Waals surface area contributed by atoms with Gasteiger partial charge in [-0.25, -0.2) is 0 Å². The highest BCUT2D eigenvalue weighted by Crippen LogP contribution is 2.49. The third-order valence-electron chi connectivity index (χ3n) is 13.2. The van der Waals surface area contributed by atoms with Gasteiger partial charge in [-0.05, 0) is 72.3 Å². The Morgan fingerprint density at radius 3 is 1.82 bits per heavy atom. The van der Waals surface area contributed by atoms with Crippen LogP contribution in [0.25, 0.3) is 114 Å². The summed E-state index contributed by atoms with van der Waals surface area (Å²) < 4.78 is 18.5. The highest BCUT2D eigenvalue weighted by molar-refractivity contribution is 7.25. The highest BCUT2D eigenvalue weighted by atomic mass is 32.1. The Balaban J connectivity index is 1.05. The maximum absolute atomic E-state index is 6.78. The van der Waals surface area contributed by atoms with Gasteiger partial charge in [-0.15, -0.1) is 11.3 Å². The predicted octanol–water partition coefficient (Wildman–Crippen LogP) is 17.8. The lowest BCUT2D eigenvalue weighted by Gasteiger charge is -2.26. The van der Waals surface area contributed by atoms with E-state index in [1.165, 1.54) is 25.6 Å². The number of benzene rings is 10. The van der Waals surface area contributed by atoms with Crippen LogP contribution >= 0.6 is 11.3 Å². The number of anilines is 3. The van der Waals surface area contributed by atoms with E-state index in [1.54, 1.807) is 0 Å². The van der Waals surface area contributed by atoms with Crippen molar-refractivity contribution in [2.24, 2.45) is 0 Å². The Hall–Kier alpha value is -8.38. The molecule has 14 rings (SSSR count). The number of thiophene rings is 1. The number of furan rings is 2. The zero-order valence-corrected chi connectivity index (χ0v) is 35.7. The third kappa shape index (κ3) is 5.43. The minimum absolute atomic E-state index is 0.853. The molecule has 0 fully saturated rings. The lowest BCUT2D eigenvalue weighted by atomic mass is 9.93. The molecule has 0 bridgehead atoms. The Morgan fingerprint density at radius 2 is 1.00 bits per heavy atom. The van der Waals surface area contributed by atoms with Gasteiger partial charge in [-0.3, -0.25) is 0 Å². The van der Waals surface area contributed by atoms with Crippen molar-refractivity contribution < 1.29 is 8.83 Å². The summed E-state index contributed by atoms with van der Waals surface area (Å²) in [6.07, 6.45) is 0. The van der Waals surface area contributed by atoms with Gasteiger partial charge in [-0.1, -0.05) is 146 Å². The van der Waals surface area contributed by atoms with Crippen LogP contribution in [0.5, 0.6) is 0 Å². The molecule has 0 spiro atoms. The number of hydrogen-bond acceptors (Lipinski definition) is 4. The van der Waals surface area contributed by atoms with Crippen LogP contribution in [-0.2, 0) is 0 Å². The summed E-state index contributed by atoms with van der Waals surface area (Å²) in [5.74, 6) is 0. The minimum Gasteiger partial charge on any atom is -0.456 e. The summed E-state index contributed by atoms with van der Waals surface area (Å²) in [4.78, 5) is 2.36. The molecule has 65 heavy (non-hydrogen) atoms. The quantitative estimate of drug-likeness (QED) is 0.167. The number of aromatic nitrogens is 1. The van der Waals surface area contributed by atoms with Gasteiger partial charge in [-0.2, -0.15) is 0 Å². The van der Waals surface area contributed by atoms with E-state index in [-0.39, 0.29) is 0 Å². The summed E-state index contributed by atoms with van der Waals surface area (Å²) in [5.41, 5.74) is 14.4. The van der Waals surface area contributed by atoms with E-state index < -0.39 is 0 Å². The Bertz CT molecular complexity index is 4180. The fourth-order valence-corrected chi connectivity index (χ4v) is 11.5. The molecule has 4 aromatic heterocycles. The van der Waals surface area contributed by atoms with Gasteiger partial charge < -0.3 is 18.3 Å². The van der Waals surface area contributed by atoms with Crippen LogP contribution < -0.4 is 4.90 Å². The molecular formula is C60H36N2O2S. The standard InChI is InChI=1S/C60H36N2O2S/c1-3-15-37(16-4-1)56-57-49-25-13-22-45(47-24-14-23-46-42-19-7-10-26-51(42)64-60(46)47)59(49)62(50(57)36-53-58(56)48-21-8-11-27-52(48)63-53)40-31-29-39(30-32-40)61(38-17-5-2-6-18-38)41-33-34-44-43-20-9-12-28-54(43)65-55(44)35-41/h1-36H. The van der Waals surface area contributed by atoms with Crippen LogP contribution in [0.15, 0.2) is 227 Å². The summed E-state index contributed by atoms with van der Waals surface area (Å²) in [6, 6.07) is 78.3. The maximum Gasteiger partial charge on any atom is 0.143 e. The van der Waals surface area contributed by atoms with Gasteiger partial charge in [0.05, 0.1) is 11.0 Å². The molecule has 4 heterocycles. The smallest absolute Gasteiger partial charge is 0.143 e. The zero-order chi connectivity index (χ0) is 42.6. The van der Waals surface area contributed by atoms with Crippen LogP contribution in [0.4, 0.5) is 17.1 Å². The first-order valence-electron chi connectivity index (χ1n) is 22.0. The summed E-state index contributed by atoms with van der Waals surface area (Å²) in [6.45, 7) is 0. The number of hydrogen-bond donors (Lipinski definition) is 0. The largest absolute Gasteiger partial charge is 0.456 e. The molecule has 0 aliphatic carbocycles. The van der Waals surface area contributed by atoms with E-state index in [0.717, 1.165) is 105 Å². The topological polar surface area (TPSA) is 34.5 Å². The van der Waals surface area contributed by atoms with E-state index in [4.69, 9.17) is 8.83 Å². The molecule has 0 N–H and O–H groups in total. The molecular weight excluding hydrogens is 813 g/mol. The van der Waals surface area contributed by atoms with Crippen LogP contribution in [0, 0.1) is 0 Å². The number of fused-ring (bicyclic) bond motifs is 12. The molecule has 0 unspecified atom stereocenters. The van der Waals surface area contributed by atoms with Crippen LogP contribution in [0.1, 0.15) is 0 Å². The molecule has 304 valence electrons. The van der Waals surface area contributed by atoms with E-state index in [2.05, 4.69) is 216 Å². The Labute approximate surface area is 377 Å². The van der Waals surface area contributed by atoms with Gasteiger partial charge in [0.25, 0.3) is 0 Å². The first-order chi connectivity index (χ1) is 32.2. The molecule has 0 atom stereocenters. The average molecular weight is 849 g/mol. The monoisotopic (exact) mass is 848 g/mol. The first kappa shape index (κ1) is 36.1. The SMILES string of the molecule is c1ccc(-c2c3c(cc4c2c2cccc(-c5cccc6c5oc5ccccc56)c2n4-c2ccc(N(c4ccccc4)c4ccc5c(c4)sc4ccccc45)cc2)oc2ccccc23)cc1. The molecule has 10 aromatic carbocycles. The van der Waals surface area contributed by atoms with Crippen molar-refractivity contribution in [1.82, 2.24) is 4.57 Å². The second-order valence-corrected chi connectivity index (χ2v) is 17.9. The number of nitrogens with zero attached hydrogens (tertiary/aromatic N) is 2. The zero-order valence-electron chi connectivity index (χ0n) is 34.9. The molecule has 0 saturated carbocycles. The molecule has 14 aromatic rings. The van der Waals surface area contributed by atoms with Crippen molar-refractivity contribution in [1.29, 1.82) is 0 Å². The number of rotatable bonds is 6. The van der Waals surface area contributed by atoms with Crippen molar-refractivity contribution in [3.05, 3.63) is 218 Å². The lowest BCUT2D eigenvalue weighted by molar-refractivity contribution is 0.669. The Morgan fingerprint density at radius 1 is 0.385 bits per heavy atom. The third-order valence-corrected chi connectivity index (χ3v) is 14.3. The van der Waals surface area contributed by atoms with E-state index in [1.807, 2.05) is 23.5 Å². The van der Waals surface area contributed by atoms with E-state index >= 15 is 0 Å². The second-order valence-electron chi connectivity index (χ2n) is 16.8. The van der Waals surface area contributed by atoms with Gasteiger partial charge >= 0.3 is 0 Å². The van der Waals surface area contributed by atoms with Crippen LogP contribution in [0.2, 0.25) is 0 Å². The molecule has 4 nitrogen and oxygen atoms in total. The molecule has 0 amide bonds. The Kier molecular flexibility index (Phi) is 7.82. The van der Waals surface area contributed by atoms with Crippen molar-refractivity contribution in [3.8, 4) is 27.9 Å². The fraction of sp³-hybridized carbons (Fsp3) is 0.